The Kier molecular flexibility index (Phi) is 1.83. The third-order valence-electron chi connectivity index (χ3n) is 4.26. The average Bonchev–Trinajstić information content (AvgIpc) is 2.41. The minimum absolute atomic E-state index is 0.0616. The van der Waals surface area contributed by atoms with E-state index in [0.29, 0.717) is 12.1 Å². The van der Waals surface area contributed by atoms with Crippen molar-refractivity contribution in [2.75, 3.05) is 13.1 Å². The van der Waals surface area contributed by atoms with Gasteiger partial charge >= 0.3 is 0 Å². The van der Waals surface area contributed by atoms with Gasteiger partial charge in [-0.15, -0.1) is 0 Å². The summed E-state index contributed by atoms with van der Waals surface area (Å²) in [6, 6.07) is 3.88. The topological polar surface area (TPSA) is 39.1 Å². The van der Waals surface area contributed by atoms with E-state index in [1.807, 2.05) is 0 Å². The normalized spacial score (nSPS) is 40.2. The van der Waals surface area contributed by atoms with Gasteiger partial charge in [0.15, 0.2) is 0 Å². The van der Waals surface area contributed by atoms with Gasteiger partial charge in [0, 0.05) is 25.2 Å². The SMILES string of the molecule is N#CC1(N2C3CCC2CNC3)CCC1. The molecule has 1 aliphatic carbocycles. The molecular weight excluding hydrogens is 174 g/mol. The average molecular weight is 191 g/mol. The number of piperazine rings is 1. The number of rotatable bonds is 1. The van der Waals surface area contributed by atoms with Crippen molar-refractivity contribution in [1.82, 2.24) is 10.2 Å². The molecule has 0 amide bonds. The maximum absolute atomic E-state index is 9.34. The lowest BCUT2D eigenvalue weighted by atomic mass is 9.75. The van der Waals surface area contributed by atoms with E-state index in [0.717, 1.165) is 25.9 Å². The van der Waals surface area contributed by atoms with Gasteiger partial charge in [-0.25, -0.2) is 0 Å². The lowest BCUT2D eigenvalue weighted by Gasteiger charge is -2.50. The molecule has 2 atom stereocenters. The highest BCUT2D eigenvalue weighted by Gasteiger charge is 2.52. The first-order chi connectivity index (χ1) is 6.86. The molecule has 3 heteroatoms. The molecule has 3 rings (SSSR count). The van der Waals surface area contributed by atoms with Crippen molar-refractivity contribution in [3.8, 4) is 6.07 Å². The van der Waals surface area contributed by atoms with E-state index >= 15 is 0 Å². The molecule has 0 aromatic rings. The summed E-state index contributed by atoms with van der Waals surface area (Å²) in [5.41, 5.74) is -0.0616. The van der Waals surface area contributed by atoms with Crippen molar-refractivity contribution in [3.63, 3.8) is 0 Å². The van der Waals surface area contributed by atoms with Crippen LogP contribution in [0.3, 0.4) is 0 Å². The lowest BCUT2D eigenvalue weighted by Crippen LogP contribution is -2.64. The van der Waals surface area contributed by atoms with E-state index in [1.165, 1.54) is 19.3 Å². The number of nitrogens with one attached hydrogen (secondary N) is 1. The van der Waals surface area contributed by atoms with Crippen molar-refractivity contribution in [1.29, 1.82) is 5.26 Å². The zero-order chi connectivity index (χ0) is 9.60. The van der Waals surface area contributed by atoms with Crippen LogP contribution in [-0.4, -0.2) is 35.6 Å². The van der Waals surface area contributed by atoms with Crippen LogP contribution in [0.5, 0.6) is 0 Å². The van der Waals surface area contributed by atoms with Crippen molar-refractivity contribution < 1.29 is 0 Å². The minimum atomic E-state index is -0.0616. The van der Waals surface area contributed by atoms with Gasteiger partial charge in [0.25, 0.3) is 0 Å². The van der Waals surface area contributed by atoms with Crippen LogP contribution in [0, 0.1) is 11.3 Å². The van der Waals surface area contributed by atoms with Crippen molar-refractivity contribution >= 4 is 0 Å². The molecule has 14 heavy (non-hydrogen) atoms. The molecule has 2 aliphatic heterocycles. The van der Waals surface area contributed by atoms with Crippen LogP contribution in [0.25, 0.3) is 0 Å². The molecule has 1 saturated carbocycles. The third-order valence-corrected chi connectivity index (χ3v) is 4.26. The second kappa shape index (κ2) is 2.95. The van der Waals surface area contributed by atoms with Crippen LogP contribution in [0.2, 0.25) is 0 Å². The first-order valence-electron chi connectivity index (χ1n) is 5.76. The molecule has 76 valence electrons. The van der Waals surface area contributed by atoms with E-state index in [4.69, 9.17) is 0 Å². The van der Waals surface area contributed by atoms with E-state index < -0.39 is 0 Å². The van der Waals surface area contributed by atoms with Crippen LogP contribution in [0.15, 0.2) is 0 Å². The van der Waals surface area contributed by atoms with Crippen molar-refractivity contribution in [2.24, 2.45) is 0 Å². The summed E-state index contributed by atoms with van der Waals surface area (Å²) in [5.74, 6) is 0. The summed E-state index contributed by atoms with van der Waals surface area (Å²) in [5, 5.41) is 12.8. The fourth-order valence-corrected chi connectivity index (χ4v) is 3.42. The summed E-state index contributed by atoms with van der Waals surface area (Å²) < 4.78 is 0. The van der Waals surface area contributed by atoms with E-state index in [2.05, 4.69) is 16.3 Å². The molecule has 3 fully saturated rings. The summed E-state index contributed by atoms with van der Waals surface area (Å²) in [6.45, 7) is 2.19. The van der Waals surface area contributed by atoms with Crippen molar-refractivity contribution in [2.45, 2.75) is 49.7 Å². The Morgan fingerprint density at radius 3 is 2.29 bits per heavy atom. The second-order valence-electron chi connectivity index (χ2n) is 4.95. The van der Waals surface area contributed by atoms with Crippen LogP contribution >= 0.6 is 0 Å². The van der Waals surface area contributed by atoms with E-state index in [1.54, 1.807) is 0 Å². The molecule has 0 aromatic heterocycles. The maximum Gasteiger partial charge on any atom is 0.109 e. The fourth-order valence-electron chi connectivity index (χ4n) is 3.42. The predicted octanol–water partition coefficient (Wildman–Crippen LogP) is 0.869. The van der Waals surface area contributed by atoms with Gasteiger partial charge in [-0.1, -0.05) is 0 Å². The van der Waals surface area contributed by atoms with Gasteiger partial charge in [-0.2, -0.15) is 5.26 Å². The molecule has 3 nitrogen and oxygen atoms in total. The summed E-state index contributed by atoms with van der Waals surface area (Å²) in [6.07, 6.45) is 6.05. The number of nitriles is 1. The molecule has 0 spiro atoms. The van der Waals surface area contributed by atoms with Crippen LogP contribution in [-0.2, 0) is 0 Å². The van der Waals surface area contributed by atoms with E-state index in [-0.39, 0.29) is 5.54 Å². The van der Waals surface area contributed by atoms with Crippen LogP contribution in [0.4, 0.5) is 0 Å². The molecule has 3 aliphatic rings. The van der Waals surface area contributed by atoms with E-state index in [9.17, 15) is 5.26 Å². The molecule has 2 bridgehead atoms. The third kappa shape index (κ3) is 0.986. The maximum atomic E-state index is 9.34. The fraction of sp³-hybridized carbons (Fsp3) is 0.909. The van der Waals surface area contributed by atoms with Gasteiger partial charge in [0.05, 0.1) is 6.07 Å². The smallest absolute Gasteiger partial charge is 0.109 e. The van der Waals surface area contributed by atoms with Crippen molar-refractivity contribution in [3.05, 3.63) is 0 Å². The quantitative estimate of drug-likeness (QED) is 0.668. The number of hydrogen-bond donors (Lipinski definition) is 1. The Morgan fingerprint density at radius 2 is 1.86 bits per heavy atom. The highest BCUT2D eigenvalue weighted by Crippen LogP contribution is 2.44. The standard InChI is InChI=1S/C11H17N3/c12-8-11(4-1-5-11)14-9-2-3-10(14)7-13-6-9/h9-10,13H,1-7H2. The highest BCUT2D eigenvalue weighted by atomic mass is 15.3. The van der Waals surface area contributed by atoms with Gasteiger partial charge in [0.1, 0.15) is 5.54 Å². The zero-order valence-electron chi connectivity index (χ0n) is 8.50. The molecule has 0 radical (unpaired) electrons. The highest BCUT2D eigenvalue weighted by molar-refractivity contribution is 5.18. The zero-order valence-corrected chi connectivity index (χ0v) is 8.50. The number of hydrogen-bond acceptors (Lipinski definition) is 3. The van der Waals surface area contributed by atoms with Gasteiger partial charge in [0.2, 0.25) is 0 Å². The Morgan fingerprint density at radius 1 is 1.21 bits per heavy atom. The van der Waals surface area contributed by atoms with Gasteiger partial charge in [-0.3, -0.25) is 4.90 Å². The summed E-state index contributed by atoms with van der Waals surface area (Å²) in [7, 11) is 0. The summed E-state index contributed by atoms with van der Waals surface area (Å²) in [4.78, 5) is 2.55. The Balaban J connectivity index is 1.87. The Bertz CT molecular complexity index is 261. The molecule has 2 unspecified atom stereocenters. The Labute approximate surface area is 85.1 Å². The first-order valence-corrected chi connectivity index (χ1v) is 5.76. The first kappa shape index (κ1) is 8.70. The van der Waals surface area contributed by atoms with Gasteiger partial charge < -0.3 is 5.32 Å². The molecule has 0 aromatic carbocycles. The molecule has 2 heterocycles. The lowest BCUT2D eigenvalue weighted by molar-refractivity contribution is 0.00444. The van der Waals surface area contributed by atoms with Crippen LogP contribution in [0.1, 0.15) is 32.1 Å². The molecule has 1 N–H and O–H groups in total. The van der Waals surface area contributed by atoms with Gasteiger partial charge in [-0.05, 0) is 32.1 Å². The largest absolute Gasteiger partial charge is 0.314 e. The van der Waals surface area contributed by atoms with Crippen LogP contribution < -0.4 is 5.32 Å². The molecule has 2 saturated heterocycles. The number of fused-ring (bicyclic) bond motifs is 2. The number of nitrogens with zero attached hydrogens (tertiary/aromatic N) is 2. The Hall–Kier alpha value is -0.590. The summed E-state index contributed by atoms with van der Waals surface area (Å²) >= 11 is 0. The second-order valence-corrected chi connectivity index (χ2v) is 4.95. The minimum Gasteiger partial charge on any atom is -0.314 e. The molecular formula is C11H17N3. The predicted molar refractivity (Wildman–Crippen MR) is 53.7 cm³/mol. The monoisotopic (exact) mass is 191 g/mol.